The molecule has 1 aliphatic heterocycles. The Balaban J connectivity index is 1.76. The lowest BCUT2D eigenvalue weighted by Crippen LogP contribution is -2.26. The zero-order chi connectivity index (χ0) is 13.1. The first-order valence-corrected chi connectivity index (χ1v) is 6.48. The van der Waals surface area contributed by atoms with Crippen LogP contribution in [-0.2, 0) is 4.74 Å². The van der Waals surface area contributed by atoms with Crippen LogP contribution in [0, 0.1) is 5.82 Å². The number of hydrogen-bond donors (Lipinski definition) is 1. The topological polar surface area (TPSA) is 21.3 Å². The van der Waals surface area contributed by atoms with Crippen molar-refractivity contribution in [2.45, 2.75) is 12.0 Å². The molecule has 0 unspecified atom stereocenters. The van der Waals surface area contributed by atoms with Crippen LogP contribution < -0.4 is 5.32 Å². The van der Waals surface area contributed by atoms with E-state index in [4.69, 9.17) is 4.74 Å². The Kier molecular flexibility index (Phi) is 3.47. The molecule has 1 heterocycles. The number of para-hydroxylation sites is 1. The van der Waals surface area contributed by atoms with E-state index in [9.17, 15) is 4.39 Å². The molecule has 3 heteroatoms. The maximum Gasteiger partial charge on any atom is 0.123 e. The molecular weight excluding hydrogens is 241 g/mol. The summed E-state index contributed by atoms with van der Waals surface area (Å²) in [7, 11) is 0. The average molecular weight is 257 g/mol. The first-order chi connectivity index (χ1) is 9.33. The fourth-order valence-corrected chi connectivity index (χ4v) is 2.48. The number of ether oxygens (including phenoxy) is 1. The van der Waals surface area contributed by atoms with Crippen molar-refractivity contribution in [2.24, 2.45) is 0 Å². The minimum absolute atomic E-state index is 0.199. The summed E-state index contributed by atoms with van der Waals surface area (Å²) in [4.78, 5) is 0. The van der Waals surface area contributed by atoms with E-state index in [-0.39, 0.29) is 17.8 Å². The van der Waals surface area contributed by atoms with Crippen LogP contribution in [0.3, 0.4) is 0 Å². The molecule has 1 N–H and O–H groups in total. The van der Waals surface area contributed by atoms with Crippen LogP contribution in [-0.4, -0.2) is 19.3 Å². The fourth-order valence-electron chi connectivity index (χ4n) is 2.48. The maximum atomic E-state index is 13.0. The molecule has 3 rings (SSSR count). The van der Waals surface area contributed by atoms with Gasteiger partial charge < -0.3 is 10.1 Å². The lowest BCUT2D eigenvalue weighted by Gasteiger charge is -2.20. The Hall–Kier alpha value is -1.87. The van der Waals surface area contributed by atoms with E-state index in [0.717, 1.165) is 11.3 Å². The van der Waals surface area contributed by atoms with Gasteiger partial charge >= 0.3 is 0 Å². The lowest BCUT2D eigenvalue weighted by atomic mass is 9.94. The Morgan fingerprint density at radius 3 is 2.42 bits per heavy atom. The summed E-state index contributed by atoms with van der Waals surface area (Å²) in [6.45, 7) is 1.35. The van der Waals surface area contributed by atoms with Gasteiger partial charge in [0.05, 0.1) is 19.3 Å². The van der Waals surface area contributed by atoms with E-state index >= 15 is 0 Å². The monoisotopic (exact) mass is 257 g/mol. The number of benzene rings is 2. The Morgan fingerprint density at radius 2 is 1.68 bits per heavy atom. The van der Waals surface area contributed by atoms with E-state index in [2.05, 4.69) is 5.32 Å². The van der Waals surface area contributed by atoms with Gasteiger partial charge in [-0.25, -0.2) is 4.39 Å². The van der Waals surface area contributed by atoms with E-state index < -0.39 is 0 Å². The van der Waals surface area contributed by atoms with Crippen molar-refractivity contribution in [2.75, 3.05) is 18.5 Å². The molecule has 1 fully saturated rings. The molecule has 19 heavy (non-hydrogen) atoms. The van der Waals surface area contributed by atoms with Crippen LogP contribution in [0.1, 0.15) is 11.5 Å². The molecule has 0 bridgehead atoms. The van der Waals surface area contributed by atoms with Gasteiger partial charge in [-0.1, -0.05) is 30.3 Å². The van der Waals surface area contributed by atoms with Gasteiger partial charge in [0.1, 0.15) is 5.82 Å². The van der Waals surface area contributed by atoms with Crippen LogP contribution in [0.2, 0.25) is 0 Å². The van der Waals surface area contributed by atoms with Gasteiger partial charge in [0.15, 0.2) is 0 Å². The van der Waals surface area contributed by atoms with Crippen LogP contribution >= 0.6 is 0 Å². The number of halogens is 1. The third-order valence-electron chi connectivity index (χ3n) is 3.50. The van der Waals surface area contributed by atoms with Crippen molar-refractivity contribution < 1.29 is 9.13 Å². The van der Waals surface area contributed by atoms with Crippen molar-refractivity contribution in [3.8, 4) is 0 Å². The van der Waals surface area contributed by atoms with Crippen LogP contribution in [0.25, 0.3) is 0 Å². The number of rotatable bonds is 3. The predicted molar refractivity (Wildman–Crippen MR) is 73.8 cm³/mol. The van der Waals surface area contributed by atoms with Gasteiger partial charge in [0.25, 0.3) is 0 Å². The minimum Gasteiger partial charge on any atom is -0.379 e. The van der Waals surface area contributed by atoms with E-state index in [1.54, 1.807) is 0 Å². The third kappa shape index (κ3) is 2.76. The smallest absolute Gasteiger partial charge is 0.123 e. The number of nitrogens with one attached hydrogen (secondary N) is 1. The molecule has 1 saturated heterocycles. The SMILES string of the molecule is Fc1ccc([C@@H]2COC[C@@H]2Nc2ccccc2)cc1. The summed E-state index contributed by atoms with van der Waals surface area (Å²) < 4.78 is 18.5. The van der Waals surface area contributed by atoms with Gasteiger partial charge in [-0.3, -0.25) is 0 Å². The van der Waals surface area contributed by atoms with E-state index in [0.29, 0.717) is 13.2 Å². The highest BCUT2D eigenvalue weighted by atomic mass is 19.1. The summed E-state index contributed by atoms with van der Waals surface area (Å²) in [5.74, 6) is 0.0658. The minimum atomic E-state index is -0.199. The maximum absolute atomic E-state index is 13.0. The fraction of sp³-hybridized carbons (Fsp3) is 0.250. The van der Waals surface area contributed by atoms with Crippen molar-refractivity contribution in [3.05, 3.63) is 66.0 Å². The second kappa shape index (κ2) is 5.41. The third-order valence-corrected chi connectivity index (χ3v) is 3.50. The Bertz CT molecular complexity index is 526. The van der Waals surface area contributed by atoms with Crippen LogP contribution in [0.5, 0.6) is 0 Å². The molecule has 0 spiro atoms. The molecule has 2 atom stereocenters. The normalized spacial score (nSPS) is 22.4. The second-order valence-corrected chi connectivity index (χ2v) is 4.81. The highest BCUT2D eigenvalue weighted by molar-refractivity contribution is 5.45. The van der Waals surface area contributed by atoms with Crippen molar-refractivity contribution in [1.29, 1.82) is 0 Å². The highest BCUT2D eigenvalue weighted by Crippen LogP contribution is 2.28. The zero-order valence-electron chi connectivity index (χ0n) is 10.6. The van der Waals surface area contributed by atoms with E-state index in [1.165, 1.54) is 12.1 Å². The zero-order valence-corrected chi connectivity index (χ0v) is 10.6. The number of anilines is 1. The Morgan fingerprint density at radius 1 is 0.947 bits per heavy atom. The molecule has 2 nitrogen and oxygen atoms in total. The van der Waals surface area contributed by atoms with Gasteiger partial charge in [-0.05, 0) is 29.8 Å². The van der Waals surface area contributed by atoms with Crippen molar-refractivity contribution in [3.63, 3.8) is 0 Å². The molecule has 0 aliphatic carbocycles. The summed E-state index contributed by atoms with van der Waals surface area (Å²) in [5, 5.41) is 3.49. The molecule has 1 aliphatic rings. The summed E-state index contributed by atoms with van der Waals surface area (Å²) in [6, 6.07) is 17.0. The van der Waals surface area contributed by atoms with Gasteiger partial charge in [0, 0.05) is 11.6 Å². The first kappa shape index (κ1) is 12.2. The van der Waals surface area contributed by atoms with Gasteiger partial charge in [-0.2, -0.15) is 0 Å². The molecule has 0 amide bonds. The van der Waals surface area contributed by atoms with Gasteiger partial charge in [0.2, 0.25) is 0 Å². The van der Waals surface area contributed by atoms with Crippen LogP contribution in [0.15, 0.2) is 54.6 Å². The molecule has 0 radical (unpaired) electrons. The van der Waals surface area contributed by atoms with Crippen molar-refractivity contribution >= 4 is 5.69 Å². The highest BCUT2D eigenvalue weighted by Gasteiger charge is 2.29. The van der Waals surface area contributed by atoms with Crippen LogP contribution in [0.4, 0.5) is 10.1 Å². The average Bonchev–Trinajstić information content (AvgIpc) is 2.89. The molecular formula is C16H16FNO. The summed E-state index contributed by atoms with van der Waals surface area (Å²) in [6.07, 6.45) is 0. The molecule has 2 aromatic rings. The molecule has 0 saturated carbocycles. The summed E-state index contributed by atoms with van der Waals surface area (Å²) in [5.41, 5.74) is 2.21. The second-order valence-electron chi connectivity index (χ2n) is 4.81. The summed E-state index contributed by atoms with van der Waals surface area (Å²) >= 11 is 0. The van der Waals surface area contributed by atoms with Gasteiger partial charge in [-0.15, -0.1) is 0 Å². The first-order valence-electron chi connectivity index (χ1n) is 6.48. The Labute approximate surface area is 112 Å². The quantitative estimate of drug-likeness (QED) is 0.909. The standard InChI is InChI=1S/C16H16FNO/c17-13-8-6-12(7-9-13)15-10-19-11-16(15)18-14-4-2-1-3-5-14/h1-9,15-16,18H,10-11H2/t15-,16-/m0/s1. The number of hydrogen-bond acceptors (Lipinski definition) is 2. The predicted octanol–water partition coefficient (Wildman–Crippen LogP) is 3.42. The van der Waals surface area contributed by atoms with E-state index in [1.807, 2.05) is 42.5 Å². The largest absolute Gasteiger partial charge is 0.379 e. The molecule has 2 aromatic carbocycles. The lowest BCUT2D eigenvalue weighted by molar-refractivity contribution is 0.192. The molecule has 98 valence electrons. The molecule has 0 aromatic heterocycles. The van der Waals surface area contributed by atoms with Crippen molar-refractivity contribution in [1.82, 2.24) is 0 Å².